The van der Waals surface area contributed by atoms with Crippen LogP contribution in [0.25, 0.3) is 0 Å². The first-order valence-electron chi connectivity index (χ1n) is 3.35. The normalized spacial score (nSPS) is 23.9. The molecule has 0 atom stereocenters. The molecule has 0 amide bonds. The Morgan fingerprint density at radius 3 is 2.25 bits per heavy atom. The minimum Gasteiger partial charge on any atom is -0.0625 e. The topological polar surface area (TPSA) is 0 Å². The molecule has 0 aromatic rings. The van der Waals surface area contributed by atoms with Crippen LogP contribution < -0.4 is 0 Å². The van der Waals surface area contributed by atoms with Crippen LogP contribution in [-0.2, 0) is 0 Å². The summed E-state index contributed by atoms with van der Waals surface area (Å²) in [7, 11) is 0. The Morgan fingerprint density at radius 1 is 1.38 bits per heavy atom. The molecular formula is C8H12. The second-order valence-corrected chi connectivity index (χ2v) is 2.79. The third kappa shape index (κ3) is 1.36. The first kappa shape index (κ1) is 5.87. The Balaban J connectivity index is 2.29. The molecule has 8 heavy (non-hydrogen) atoms. The van der Waals surface area contributed by atoms with Gasteiger partial charge in [0.05, 0.1) is 0 Å². The van der Waals surface area contributed by atoms with Crippen LogP contribution in [0.4, 0.5) is 0 Å². The average Bonchev–Trinajstić information content (AvgIpc) is 1.77. The molecule has 0 aromatic heterocycles. The minimum atomic E-state index is 0.879. The van der Waals surface area contributed by atoms with Gasteiger partial charge in [0, 0.05) is 0 Å². The van der Waals surface area contributed by atoms with Crippen LogP contribution in [0.15, 0.2) is 5.57 Å². The smallest absolute Gasteiger partial charge is 0.0108 e. The molecule has 0 saturated heterocycles. The standard InChI is InChI=1S/C8H12/c1-7-3-5-8(2)6-4-7/h7H,3-6H2,1H3. The van der Waals surface area contributed by atoms with Gasteiger partial charge in [0.25, 0.3) is 0 Å². The molecule has 1 aliphatic carbocycles. The predicted molar refractivity (Wildman–Crippen MR) is 34.4 cm³/mol. The largest absolute Gasteiger partial charge is 0.0625 e. The van der Waals surface area contributed by atoms with Gasteiger partial charge in [-0.1, -0.05) is 12.5 Å². The van der Waals surface area contributed by atoms with Gasteiger partial charge < -0.3 is 0 Å². The van der Waals surface area contributed by atoms with E-state index in [1.54, 1.807) is 0 Å². The van der Waals surface area contributed by atoms with E-state index in [-0.39, 0.29) is 0 Å². The van der Waals surface area contributed by atoms with E-state index < -0.39 is 0 Å². The van der Waals surface area contributed by atoms with Crippen LogP contribution >= 0.6 is 0 Å². The van der Waals surface area contributed by atoms with Gasteiger partial charge >= 0.3 is 0 Å². The van der Waals surface area contributed by atoms with Crippen molar-refractivity contribution in [1.82, 2.24) is 0 Å². The third-order valence-corrected chi connectivity index (χ3v) is 1.88. The molecular weight excluding hydrogens is 96.1 g/mol. The quantitative estimate of drug-likeness (QED) is 0.447. The summed E-state index contributed by atoms with van der Waals surface area (Å²) in [5, 5.41) is 0. The van der Waals surface area contributed by atoms with Gasteiger partial charge in [-0.25, -0.2) is 0 Å². The highest BCUT2D eigenvalue weighted by molar-refractivity contribution is 4.94. The van der Waals surface area contributed by atoms with Gasteiger partial charge in [0.1, 0.15) is 0 Å². The van der Waals surface area contributed by atoms with Crippen molar-refractivity contribution < 1.29 is 0 Å². The first-order valence-corrected chi connectivity index (χ1v) is 3.35. The molecule has 0 aromatic carbocycles. The minimum absolute atomic E-state index is 0.879. The fourth-order valence-electron chi connectivity index (χ4n) is 1.11. The van der Waals surface area contributed by atoms with E-state index >= 15 is 0 Å². The Morgan fingerprint density at radius 2 is 1.88 bits per heavy atom. The van der Waals surface area contributed by atoms with Crippen LogP contribution in [0.5, 0.6) is 0 Å². The van der Waals surface area contributed by atoms with Crippen LogP contribution in [0, 0.1) is 12.5 Å². The van der Waals surface area contributed by atoms with Crippen molar-refractivity contribution in [1.29, 1.82) is 0 Å². The number of allylic oxidation sites excluding steroid dienone is 1. The van der Waals surface area contributed by atoms with Crippen molar-refractivity contribution in [3.8, 4) is 0 Å². The molecule has 0 heterocycles. The Bertz CT molecular complexity index is 82.2. The van der Waals surface area contributed by atoms with Crippen LogP contribution in [0.1, 0.15) is 32.6 Å². The zero-order chi connectivity index (χ0) is 5.98. The van der Waals surface area contributed by atoms with Gasteiger partial charge in [0.15, 0.2) is 0 Å². The highest BCUT2D eigenvalue weighted by Gasteiger charge is 2.09. The SMILES string of the molecule is [C]=C1CCC(C)CC1. The number of hydrogen-bond donors (Lipinski definition) is 0. The number of hydrogen-bond acceptors (Lipinski definition) is 0. The molecule has 0 bridgehead atoms. The molecule has 1 saturated carbocycles. The van der Waals surface area contributed by atoms with Gasteiger partial charge in [-0.3, -0.25) is 0 Å². The predicted octanol–water partition coefficient (Wildman–Crippen LogP) is 2.43. The fourth-order valence-corrected chi connectivity index (χ4v) is 1.11. The van der Waals surface area contributed by atoms with Crippen LogP contribution in [0.2, 0.25) is 0 Å². The maximum atomic E-state index is 7.28. The van der Waals surface area contributed by atoms with Gasteiger partial charge in [0.2, 0.25) is 0 Å². The van der Waals surface area contributed by atoms with Crippen LogP contribution in [0.3, 0.4) is 0 Å². The van der Waals surface area contributed by atoms with E-state index in [0.717, 1.165) is 24.3 Å². The molecule has 0 nitrogen and oxygen atoms in total. The lowest BCUT2D eigenvalue weighted by molar-refractivity contribution is 0.444. The van der Waals surface area contributed by atoms with Crippen molar-refractivity contribution in [3.05, 3.63) is 12.2 Å². The average molecular weight is 108 g/mol. The molecule has 0 heteroatoms. The Kier molecular flexibility index (Phi) is 1.72. The van der Waals surface area contributed by atoms with E-state index in [4.69, 9.17) is 6.58 Å². The van der Waals surface area contributed by atoms with E-state index in [9.17, 15) is 0 Å². The summed E-state index contributed by atoms with van der Waals surface area (Å²) in [6, 6.07) is 0. The highest BCUT2D eigenvalue weighted by Crippen LogP contribution is 2.25. The Hall–Kier alpha value is -0.260. The second kappa shape index (κ2) is 2.34. The fraction of sp³-hybridized carbons (Fsp3) is 0.750. The molecule has 0 unspecified atom stereocenters. The van der Waals surface area contributed by atoms with E-state index in [0.29, 0.717) is 0 Å². The molecule has 1 fully saturated rings. The Labute approximate surface area is 51.6 Å². The van der Waals surface area contributed by atoms with Crippen molar-refractivity contribution in [2.24, 2.45) is 5.92 Å². The van der Waals surface area contributed by atoms with Crippen LogP contribution in [-0.4, -0.2) is 0 Å². The van der Waals surface area contributed by atoms with Crippen molar-refractivity contribution in [2.75, 3.05) is 0 Å². The lowest BCUT2D eigenvalue weighted by Crippen LogP contribution is -2.02. The van der Waals surface area contributed by atoms with Gasteiger partial charge in [-0.15, -0.1) is 0 Å². The lowest BCUT2D eigenvalue weighted by atomic mass is 9.88. The number of rotatable bonds is 0. The van der Waals surface area contributed by atoms with E-state index in [2.05, 4.69) is 6.92 Å². The monoisotopic (exact) mass is 108 g/mol. The molecule has 1 aliphatic rings. The zero-order valence-electron chi connectivity index (χ0n) is 5.41. The highest BCUT2D eigenvalue weighted by atomic mass is 14.1. The van der Waals surface area contributed by atoms with Crippen molar-refractivity contribution in [3.63, 3.8) is 0 Å². The second-order valence-electron chi connectivity index (χ2n) is 2.79. The summed E-state index contributed by atoms with van der Waals surface area (Å²) in [5.74, 6) is 0.879. The lowest BCUT2D eigenvalue weighted by Gasteiger charge is -2.17. The molecule has 2 radical (unpaired) electrons. The summed E-state index contributed by atoms with van der Waals surface area (Å²) in [4.78, 5) is 0. The van der Waals surface area contributed by atoms with Crippen molar-refractivity contribution >= 4 is 0 Å². The van der Waals surface area contributed by atoms with Crippen molar-refractivity contribution in [2.45, 2.75) is 32.6 Å². The summed E-state index contributed by atoms with van der Waals surface area (Å²) >= 11 is 0. The summed E-state index contributed by atoms with van der Waals surface area (Å²) in [6.45, 7) is 9.55. The summed E-state index contributed by atoms with van der Waals surface area (Å²) in [6.07, 6.45) is 4.61. The summed E-state index contributed by atoms with van der Waals surface area (Å²) in [5.41, 5.74) is 0.961. The van der Waals surface area contributed by atoms with Gasteiger partial charge in [-0.05, 0) is 38.2 Å². The molecule has 0 spiro atoms. The van der Waals surface area contributed by atoms with E-state index in [1.807, 2.05) is 0 Å². The third-order valence-electron chi connectivity index (χ3n) is 1.88. The molecule has 0 aliphatic heterocycles. The molecule has 1 rings (SSSR count). The molecule has 0 N–H and O–H groups in total. The zero-order valence-corrected chi connectivity index (χ0v) is 5.41. The maximum Gasteiger partial charge on any atom is -0.0108 e. The maximum absolute atomic E-state index is 7.28. The summed E-state index contributed by atoms with van der Waals surface area (Å²) < 4.78 is 0. The first-order chi connectivity index (χ1) is 3.79. The molecule has 44 valence electrons. The van der Waals surface area contributed by atoms with Gasteiger partial charge in [-0.2, -0.15) is 0 Å². The van der Waals surface area contributed by atoms with E-state index in [1.165, 1.54) is 12.8 Å².